The fraction of sp³-hybridized carbons (Fsp3) is 0.636. The molecule has 0 aliphatic heterocycles. The van der Waals surface area contributed by atoms with Crippen molar-refractivity contribution in [3.63, 3.8) is 0 Å². The Hall–Kier alpha value is -1.36. The minimum Gasteiger partial charge on any atom is -0.391 e. The molecule has 16 heavy (non-hydrogen) atoms. The number of nitrogens with one attached hydrogen (secondary N) is 1. The molecule has 0 aromatic carbocycles. The maximum Gasteiger partial charge on any atom is 0.255 e. The first-order valence-corrected chi connectivity index (χ1v) is 5.25. The monoisotopic (exact) mass is 225 g/mol. The summed E-state index contributed by atoms with van der Waals surface area (Å²) in [5, 5.41) is 16.4. The molecule has 1 atom stereocenters. The number of aromatic nitrogens is 2. The van der Waals surface area contributed by atoms with Gasteiger partial charge in [-0.2, -0.15) is 5.10 Å². The average Bonchev–Trinajstić information content (AvgIpc) is 2.44. The summed E-state index contributed by atoms with van der Waals surface area (Å²) in [6, 6.07) is 0. The van der Waals surface area contributed by atoms with Gasteiger partial charge >= 0.3 is 0 Å². The number of carbonyl (C=O) groups is 1. The van der Waals surface area contributed by atoms with Gasteiger partial charge in [0.25, 0.3) is 5.91 Å². The number of nitrogens with zero attached hydrogens (tertiary/aromatic N) is 2. The van der Waals surface area contributed by atoms with Crippen LogP contribution in [-0.4, -0.2) is 32.4 Å². The molecule has 0 saturated carbocycles. The van der Waals surface area contributed by atoms with Gasteiger partial charge in [-0.05, 0) is 27.7 Å². The number of amides is 1. The Morgan fingerprint density at radius 3 is 2.56 bits per heavy atom. The highest BCUT2D eigenvalue weighted by Crippen LogP contribution is 2.11. The zero-order valence-electron chi connectivity index (χ0n) is 10.4. The fourth-order valence-corrected chi connectivity index (χ4v) is 1.29. The van der Waals surface area contributed by atoms with Gasteiger partial charge in [-0.1, -0.05) is 0 Å². The molecule has 0 radical (unpaired) electrons. The summed E-state index contributed by atoms with van der Waals surface area (Å²) in [4.78, 5) is 11.9. The fourth-order valence-electron chi connectivity index (χ4n) is 1.29. The van der Waals surface area contributed by atoms with Crippen LogP contribution in [0, 0.1) is 6.92 Å². The van der Waals surface area contributed by atoms with Gasteiger partial charge in [0, 0.05) is 13.2 Å². The number of hydrogen-bond acceptors (Lipinski definition) is 3. The number of hydrogen-bond donors (Lipinski definition) is 2. The van der Waals surface area contributed by atoms with Crippen molar-refractivity contribution >= 4 is 5.91 Å². The van der Waals surface area contributed by atoms with E-state index in [1.54, 1.807) is 45.6 Å². The maximum absolute atomic E-state index is 11.9. The molecular formula is C11H19N3O2. The first-order valence-electron chi connectivity index (χ1n) is 5.25. The largest absolute Gasteiger partial charge is 0.391 e. The van der Waals surface area contributed by atoms with Gasteiger partial charge < -0.3 is 10.4 Å². The highest BCUT2D eigenvalue weighted by molar-refractivity contribution is 5.95. The first-order chi connectivity index (χ1) is 7.24. The molecule has 0 saturated heterocycles. The number of rotatable bonds is 3. The minimum atomic E-state index is -0.653. The molecule has 0 fully saturated rings. The van der Waals surface area contributed by atoms with E-state index in [1.807, 2.05) is 0 Å². The SMILES string of the molecule is Cc1nn(C)cc1C(=O)NC(C)(C)C(C)O. The molecule has 0 spiro atoms. The van der Waals surface area contributed by atoms with Crippen molar-refractivity contribution in [2.75, 3.05) is 0 Å². The lowest BCUT2D eigenvalue weighted by Crippen LogP contribution is -2.51. The van der Waals surface area contributed by atoms with Gasteiger partial charge in [0.1, 0.15) is 0 Å². The third-order valence-corrected chi connectivity index (χ3v) is 2.74. The molecule has 5 heteroatoms. The van der Waals surface area contributed by atoms with Gasteiger partial charge in [-0.15, -0.1) is 0 Å². The van der Waals surface area contributed by atoms with Crippen LogP contribution < -0.4 is 5.32 Å². The van der Waals surface area contributed by atoms with E-state index in [2.05, 4.69) is 10.4 Å². The molecule has 90 valence electrons. The molecule has 0 aliphatic rings. The highest BCUT2D eigenvalue weighted by atomic mass is 16.3. The highest BCUT2D eigenvalue weighted by Gasteiger charge is 2.27. The zero-order chi connectivity index (χ0) is 12.5. The average molecular weight is 225 g/mol. The molecule has 5 nitrogen and oxygen atoms in total. The number of carbonyl (C=O) groups excluding carboxylic acids is 1. The van der Waals surface area contributed by atoms with E-state index in [0.29, 0.717) is 11.3 Å². The lowest BCUT2D eigenvalue weighted by Gasteiger charge is -2.29. The number of aryl methyl sites for hydroxylation is 2. The summed E-state index contributed by atoms with van der Waals surface area (Å²) >= 11 is 0. The Morgan fingerprint density at radius 1 is 1.62 bits per heavy atom. The van der Waals surface area contributed by atoms with E-state index in [1.165, 1.54) is 0 Å². The number of aliphatic hydroxyl groups excluding tert-OH is 1. The van der Waals surface area contributed by atoms with E-state index < -0.39 is 11.6 Å². The lowest BCUT2D eigenvalue weighted by atomic mass is 9.98. The second-order valence-corrected chi connectivity index (χ2v) is 4.65. The van der Waals surface area contributed by atoms with Crippen molar-refractivity contribution in [2.45, 2.75) is 39.3 Å². The molecule has 1 heterocycles. The van der Waals surface area contributed by atoms with Crippen LogP contribution >= 0.6 is 0 Å². The summed E-state index contributed by atoms with van der Waals surface area (Å²) in [6.07, 6.45) is 1.05. The molecule has 0 aliphatic carbocycles. The zero-order valence-corrected chi connectivity index (χ0v) is 10.4. The van der Waals surface area contributed by atoms with Crippen molar-refractivity contribution in [3.05, 3.63) is 17.5 Å². The summed E-state index contributed by atoms with van der Waals surface area (Å²) in [5.74, 6) is -0.212. The van der Waals surface area contributed by atoms with Crippen LogP contribution in [0.4, 0.5) is 0 Å². The molecular weight excluding hydrogens is 206 g/mol. The molecule has 1 unspecified atom stereocenters. The van der Waals surface area contributed by atoms with E-state index in [9.17, 15) is 9.90 Å². The van der Waals surface area contributed by atoms with Gasteiger partial charge in [0.05, 0.1) is 22.9 Å². The van der Waals surface area contributed by atoms with Crippen LogP contribution in [-0.2, 0) is 7.05 Å². The van der Waals surface area contributed by atoms with Crippen LogP contribution in [0.2, 0.25) is 0 Å². The van der Waals surface area contributed by atoms with Gasteiger partial charge in [0.2, 0.25) is 0 Å². The lowest BCUT2D eigenvalue weighted by molar-refractivity contribution is 0.0709. The second kappa shape index (κ2) is 4.25. The van der Waals surface area contributed by atoms with Crippen LogP contribution in [0.25, 0.3) is 0 Å². The standard InChI is InChI=1S/C11H19N3O2/c1-7-9(6-14(5)13-7)10(16)12-11(3,4)8(2)15/h6,8,15H,1-5H3,(H,12,16). The number of aliphatic hydroxyl groups is 1. The van der Waals surface area contributed by atoms with Crippen molar-refractivity contribution < 1.29 is 9.90 Å². The van der Waals surface area contributed by atoms with E-state index in [-0.39, 0.29) is 5.91 Å². The third kappa shape index (κ3) is 2.61. The smallest absolute Gasteiger partial charge is 0.255 e. The summed E-state index contributed by atoms with van der Waals surface area (Å²) in [6.45, 7) is 6.99. The molecule has 2 N–H and O–H groups in total. The Morgan fingerprint density at radius 2 is 2.19 bits per heavy atom. The Bertz CT molecular complexity index is 394. The third-order valence-electron chi connectivity index (χ3n) is 2.74. The summed E-state index contributed by atoms with van der Waals surface area (Å²) in [5.41, 5.74) is 0.567. The van der Waals surface area contributed by atoms with E-state index >= 15 is 0 Å². The van der Waals surface area contributed by atoms with Crippen molar-refractivity contribution in [1.29, 1.82) is 0 Å². The predicted octanol–water partition coefficient (Wildman–Crippen LogP) is 0.618. The van der Waals surface area contributed by atoms with Crippen molar-refractivity contribution in [2.24, 2.45) is 7.05 Å². The molecule has 1 aromatic heterocycles. The van der Waals surface area contributed by atoms with Crippen LogP contribution in [0.5, 0.6) is 0 Å². The Balaban J connectivity index is 2.85. The molecule has 1 rings (SSSR count). The van der Waals surface area contributed by atoms with Gasteiger partial charge in [-0.3, -0.25) is 9.48 Å². The van der Waals surface area contributed by atoms with Crippen molar-refractivity contribution in [3.8, 4) is 0 Å². The van der Waals surface area contributed by atoms with Crippen molar-refractivity contribution in [1.82, 2.24) is 15.1 Å². The minimum absolute atomic E-state index is 0.212. The second-order valence-electron chi connectivity index (χ2n) is 4.65. The van der Waals surface area contributed by atoms with Gasteiger partial charge in [-0.25, -0.2) is 0 Å². The summed E-state index contributed by atoms with van der Waals surface area (Å²) in [7, 11) is 1.77. The van der Waals surface area contributed by atoms with Crippen LogP contribution in [0.3, 0.4) is 0 Å². The van der Waals surface area contributed by atoms with E-state index in [0.717, 1.165) is 0 Å². The van der Waals surface area contributed by atoms with Crippen LogP contribution in [0.1, 0.15) is 36.8 Å². The predicted molar refractivity (Wildman–Crippen MR) is 61.2 cm³/mol. The Labute approximate surface area is 95.5 Å². The molecule has 1 aromatic rings. The maximum atomic E-state index is 11.9. The topological polar surface area (TPSA) is 67.2 Å². The Kier molecular flexibility index (Phi) is 3.38. The molecule has 0 bridgehead atoms. The summed E-state index contributed by atoms with van der Waals surface area (Å²) < 4.78 is 1.60. The van der Waals surface area contributed by atoms with Gasteiger partial charge in [0.15, 0.2) is 0 Å². The van der Waals surface area contributed by atoms with Crippen LogP contribution in [0.15, 0.2) is 6.20 Å². The quantitative estimate of drug-likeness (QED) is 0.792. The normalized spacial score (nSPS) is 13.6. The molecule has 1 amide bonds. The first kappa shape index (κ1) is 12.7. The van der Waals surface area contributed by atoms with E-state index in [4.69, 9.17) is 0 Å².